The number of phenols is 1. The molecule has 0 spiro atoms. The first-order valence-corrected chi connectivity index (χ1v) is 12.3. The van der Waals surface area contributed by atoms with E-state index in [1.54, 1.807) is 26.0 Å². The van der Waals surface area contributed by atoms with Crippen molar-refractivity contribution in [2.45, 2.75) is 58.5 Å². The zero-order valence-electron chi connectivity index (χ0n) is 20.4. The lowest BCUT2D eigenvalue weighted by molar-refractivity contribution is -0.150. The van der Waals surface area contributed by atoms with Gasteiger partial charge in [-0.25, -0.2) is 0 Å². The number of aliphatic imine (C=N–C) groups is 1. The third-order valence-electron chi connectivity index (χ3n) is 6.48. The number of halogens is 1. The molecule has 3 atom stereocenters. The summed E-state index contributed by atoms with van der Waals surface area (Å²) in [4.78, 5) is 31.7. The summed E-state index contributed by atoms with van der Waals surface area (Å²) < 4.78 is 11.2. The monoisotopic (exact) mass is 495 g/mol. The summed E-state index contributed by atoms with van der Waals surface area (Å²) in [7, 11) is 0. The van der Waals surface area contributed by atoms with E-state index < -0.39 is 17.8 Å². The minimum absolute atomic E-state index is 0.00471. The summed E-state index contributed by atoms with van der Waals surface area (Å²) in [5, 5.41) is 10.9. The van der Waals surface area contributed by atoms with Gasteiger partial charge >= 0.3 is 5.97 Å². The minimum atomic E-state index is -0.744. The lowest BCUT2D eigenvalue weighted by Gasteiger charge is -2.37. The average Bonchev–Trinajstić information content (AvgIpc) is 2.79. The fourth-order valence-electron chi connectivity index (χ4n) is 5.00. The van der Waals surface area contributed by atoms with Crippen LogP contribution in [0.3, 0.4) is 0 Å². The Morgan fingerprint density at radius 2 is 1.83 bits per heavy atom. The van der Waals surface area contributed by atoms with Gasteiger partial charge in [0.1, 0.15) is 5.92 Å². The lowest BCUT2D eigenvalue weighted by atomic mass is 9.69. The Kier molecular flexibility index (Phi) is 7.31. The number of ether oxygens (including phenoxy) is 2. The van der Waals surface area contributed by atoms with Crippen LogP contribution in [-0.2, 0) is 14.3 Å². The van der Waals surface area contributed by atoms with Crippen LogP contribution in [0.25, 0.3) is 0 Å². The number of phenolic OH excluding ortho intramolecular Hbond substituents is 1. The molecule has 0 saturated heterocycles. The number of hydrogen-bond donors (Lipinski definition) is 1. The topological polar surface area (TPSA) is 85.2 Å². The molecule has 2 aliphatic rings. The summed E-state index contributed by atoms with van der Waals surface area (Å²) in [5.74, 6) is -1.49. The minimum Gasteiger partial charge on any atom is -0.504 e. The highest BCUT2D eigenvalue weighted by Crippen LogP contribution is 2.48. The zero-order valence-corrected chi connectivity index (χ0v) is 21.1. The van der Waals surface area contributed by atoms with Crippen LogP contribution in [0.5, 0.6) is 11.5 Å². The van der Waals surface area contributed by atoms with Crippen molar-refractivity contribution >= 4 is 29.1 Å². The van der Waals surface area contributed by atoms with Crippen LogP contribution in [-0.4, -0.2) is 35.3 Å². The molecule has 1 aliphatic heterocycles. The second-order valence-electron chi connectivity index (χ2n) is 9.29. The van der Waals surface area contributed by atoms with Gasteiger partial charge in [0.15, 0.2) is 17.3 Å². The summed E-state index contributed by atoms with van der Waals surface area (Å²) in [6.07, 6.45) is 0.591. The van der Waals surface area contributed by atoms with Gasteiger partial charge in [-0.3, -0.25) is 14.6 Å². The van der Waals surface area contributed by atoms with Crippen molar-refractivity contribution in [1.29, 1.82) is 0 Å². The molecule has 7 heteroatoms. The molecule has 0 saturated carbocycles. The largest absolute Gasteiger partial charge is 0.504 e. The van der Waals surface area contributed by atoms with Gasteiger partial charge in [0.2, 0.25) is 0 Å². The quantitative estimate of drug-likeness (QED) is 0.499. The molecule has 1 N–H and O–H groups in total. The lowest BCUT2D eigenvalue weighted by Crippen LogP contribution is -2.38. The number of hydrogen-bond acceptors (Lipinski definition) is 6. The smallest absolute Gasteiger partial charge is 0.315 e. The van der Waals surface area contributed by atoms with E-state index in [4.69, 9.17) is 26.1 Å². The average molecular weight is 496 g/mol. The number of carbonyl (C=O) groups is 2. The van der Waals surface area contributed by atoms with Crippen molar-refractivity contribution in [2.24, 2.45) is 10.9 Å². The molecule has 184 valence electrons. The fraction of sp³-hybridized carbons (Fsp3) is 0.393. The molecule has 0 bridgehead atoms. The van der Waals surface area contributed by atoms with E-state index in [0.29, 0.717) is 52.8 Å². The van der Waals surface area contributed by atoms with Gasteiger partial charge in [-0.15, -0.1) is 0 Å². The first kappa shape index (κ1) is 25.0. The molecular formula is C28H30ClNO5. The summed E-state index contributed by atoms with van der Waals surface area (Å²) in [6, 6.07) is 12.5. The molecule has 1 aliphatic carbocycles. The fourth-order valence-corrected chi connectivity index (χ4v) is 5.12. The highest BCUT2D eigenvalue weighted by Gasteiger charge is 2.45. The predicted molar refractivity (Wildman–Crippen MR) is 135 cm³/mol. The summed E-state index contributed by atoms with van der Waals surface area (Å²) in [5.41, 5.74) is 3.58. The summed E-state index contributed by atoms with van der Waals surface area (Å²) in [6.45, 7) is 7.60. The van der Waals surface area contributed by atoms with Crippen LogP contribution in [0.2, 0.25) is 5.02 Å². The second-order valence-corrected chi connectivity index (χ2v) is 9.73. The second kappa shape index (κ2) is 10.2. The Balaban J connectivity index is 1.81. The van der Waals surface area contributed by atoms with Gasteiger partial charge in [-0.05, 0) is 75.4 Å². The maximum Gasteiger partial charge on any atom is 0.315 e. The molecule has 6 nitrogen and oxygen atoms in total. The van der Waals surface area contributed by atoms with Crippen molar-refractivity contribution in [3.63, 3.8) is 0 Å². The predicted octanol–water partition coefficient (Wildman–Crippen LogP) is 5.97. The molecule has 0 amide bonds. The number of allylic oxidation sites excluding steroid dienone is 2. The highest BCUT2D eigenvalue weighted by atomic mass is 35.5. The highest BCUT2D eigenvalue weighted by molar-refractivity contribution is 6.30. The van der Waals surface area contributed by atoms with Crippen molar-refractivity contribution in [1.82, 2.24) is 0 Å². The Hall–Kier alpha value is -3.12. The maximum absolute atomic E-state index is 13.7. The number of carbonyl (C=O) groups excluding carboxylic acids is 2. The normalized spacial score (nSPS) is 22.1. The van der Waals surface area contributed by atoms with Crippen molar-refractivity contribution in [3.8, 4) is 11.5 Å². The van der Waals surface area contributed by atoms with E-state index in [1.807, 2.05) is 38.1 Å². The first-order valence-electron chi connectivity index (χ1n) is 11.9. The Morgan fingerprint density at radius 1 is 1.14 bits per heavy atom. The molecule has 0 fully saturated rings. The van der Waals surface area contributed by atoms with E-state index in [0.717, 1.165) is 5.56 Å². The van der Waals surface area contributed by atoms with Crippen molar-refractivity contribution in [3.05, 3.63) is 69.9 Å². The number of Topliss-reactive ketones (excluding diaryl/α,β-unsaturated/α-hetero) is 1. The molecule has 4 rings (SSSR count). The summed E-state index contributed by atoms with van der Waals surface area (Å²) >= 11 is 6.05. The molecule has 0 radical (unpaired) electrons. The van der Waals surface area contributed by atoms with Crippen LogP contribution >= 0.6 is 11.6 Å². The van der Waals surface area contributed by atoms with E-state index in [2.05, 4.69) is 0 Å². The number of benzene rings is 2. The number of ketones is 1. The van der Waals surface area contributed by atoms with E-state index in [1.165, 1.54) is 6.07 Å². The number of aromatic hydroxyl groups is 1. The van der Waals surface area contributed by atoms with Gasteiger partial charge in [-0.1, -0.05) is 29.8 Å². The van der Waals surface area contributed by atoms with Gasteiger partial charge in [0.05, 0.1) is 12.7 Å². The first-order chi connectivity index (χ1) is 16.7. The van der Waals surface area contributed by atoms with Gasteiger partial charge in [0.25, 0.3) is 0 Å². The Morgan fingerprint density at radius 3 is 2.49 bits per heavy atom. The van der Waals surface area contributed by atoms with Crippen LogP contribution in [0, 0.1) is 5.92 Å². The standard InChI is InChI=1S/C28H30ClNO5/c1-5-34-24-14-18(8-11-22(24)31)26-25(28(33)35-15(2)3)16(4)30-21-12-19(13-23(32)27(21)26)17-6-9-20(29)10-7-17/h6-11,14-15,19,25-26,31H,5,12-13H2,1-4H3. The van der Waals surface area contributed by atoms with Gasteiger partial charge in [-0.2, -0.15) is 0 Å². The van der Waals surface area contributed by atoms with E-state index in [-0.39, 0.29) is 23.6 Å². The molecule has 0 aromatic heterocycles. The molecule has 35 heavy (non-hydrogen) atoms. The maximum atomic E-state index is 13.7. The van der Waals surface area contributed by atoms with Gasteiger partial charge in [0, 0.05) is 34.3 Å². The van der Waals surface area contributed by atoms with Crippen LogP contribution in [0.15, 0.2) is 58.7 Å². The third-order valence-corrected chi connectivity index (χ3v) is 6.73. The molecular weight excluding hydrogens is 466 g/mol. The van der Waals surface area contributed by atoms with Gasteiger partial charge < -0.3 is 14.6 Å². The van der Waals surface area contributed by atoms with Crippen LogP contribution in [0.1, 0.15) is 63.5 Å². The molecule has 2 aromatic rings. The Labute approximate surface area is 210 Å². The number of nitrogens with zero attached hydrogens (tertiary/aromatic N) is 1. The van der Waals surface area contributed by atoms with Crippen LogP contribution in [0.4, 0.5) is 0 Å². The Bertz CT molecular complexity index is 1200. The molecule has 3 unspecified atom stereocenters. The molecule has 1 heterocycles. The number of rotatable bonds is 6. The third kappa shape index (κ3) is 5.13. The van der Waals surface area contributed by atoms with Crippen LogP contribution < -0.4 is 4.74 Å². The SMILES string of the molecule is CCOc1cc(C2C3=C(CC(c4ccc(Cl)cc4)CC3=O)N=C(C)C2C(=O)OC(C)C)ccc1O. The zero-order chi connectivity index (χ0) is 25.3. The van der Waals surface area contributed by atoms with E-state index in [9.17, 15) is 14.7 Å². The number of esters is 1. The van der Waals surface area contributed by atoms with Crippen molar-refractivity contribution < 1.29 is 24.2 Å². The molecule has 2 aromatic carbocycles. The van der Waals surface area contributed by atoms with E-state index >= 15 is 0 Å². The van der Waals surface area contributed by atoms with Crippen molar-refractivity contribution in [2.75, 3.05) is 6.61 Å².